The molecular formula is C35H34N10O2. The van der Waals surface area contributed by atoms with Gasteiger partial charge in [0.05, 0.1) is 30.8 Å². The molecule has 2 saturated heterocycles. The number of aromatic nitrogens is 7. The second-order valence-corrected chi connectivity index (χ2v) is 13.5. The summed E-state index contributed by atoms with van der Waals surface area (Å²) in [5, 5.41) is 12.1. The molecule has 4 unspecified atom stereocenters. The number of pyridine rings is 1. The molecular weight excluding hydrogens is 592 g/mol. The number of carbonyl (C=O) groups is 1. The number of rotatable bonds is 7. The first-order valence-corrected chi connectivity index (χ1v) is 16.6. The quantitative estimate of drug-likeness (QED) is 0.256. The van der Waals surface area contributed by atoms with Crippen LogP contribution in [0.1, 0.15) is 65.8 Å². The summed E-state index contributed by atoms with van der Waals surface area (Å²) in [5.41, 5.74) is 7.04. The number of amides is 1. The van der Waals surface area contributed by atoms with Crippen molar-refractivity contribution in [2.45, 2.75) is 56.0 Å². The predicted octanol–water partition coefficient (Wildman–Crippen LogP) is 4.78. The van der Waals surface area contributed by atoms with Crippen molar-refractivity contribution in [1.82, 2.24) is 39.7 Å². The van der Waals surface area contributed by atoms with E-state index in [2.05, 4.69) is 54.9 Å². The van der Waals surface area contributed by atoms with E-state index in [1.807, 2.05) is 41.2 Å². The smallest absolute Gasteiger partial charge is 0.291 e. The molecule has 4 atom stereocenters. The van der Waals surface area contributed by atoms with Crippen molar-refractivity contribution in [3.05, 3.63) is 71.9 Å². The van der Waals surface area contributed by atoms with Gasteiger partial charge in [-0.1, -0.05) is 36.4 Å². The van der Waals surface area contributed by atoms with Crippen LogP contribution < -0.4 is 4.90 Å². The average Bonchev–Trinajstić information content (AvgIpc) is 3.65. The zero-order chi connectivity index (χ0) is 31.3. The molecule has 6 heterocycles. The first-order chi connectivity index (χ1) is 23.2. The number of hydrogen-bond acceptors (Lipinski definition) is 9. The molecule has 3 saturated carbocycles. The molecule has 1 N–H and O–H groups in total. The van der Waals surface area contributed by atoms with Crippen LogP contribution >= 0.6 is 0 Å². The van der Waals surface area contributed by atoms with Gasteiger partial charge in [-0.25, -0.2) is 9.98 Å². The molecule has 0 bridgehead atoms. The largest absolute Gasteiger partial charge is 0.378 e. The Hall–Kier alpha value is -4.97. The number of aromatic amines is 1. The van der Waals surface area contributed by atoms with E-state index in [1.54, 1.807) is 0 Å². The van der Waals surface area contributed by atoms with Crippen LogP contribution in [0.2, 0.25) is 0 Å². The maximum Gasteiger partial charge on any atom is 0.291 e. The minimum atomic E-state index is -0.0513. The third kappa shape index (κ3) is 3.81. The summed E-state index contributed by atoms with van der Waals surface area (Å²) in [7, 11) is 0. The Bertz CT molecular complexity index is 2040. The van der Waals surface area contributed by atoms with Gasteiger partial charge in [0.15, 0.2) is 11.5 Å². The van der Waals surface area contributed by atoms with Crippen LogP contribution in [0.4, 0.5) is 11.8 Å². The Labute approximate surface area is 270 Å². The number of morpholine rings is 1. The third-order valence-corrected chi connectivity index (χ3v) is 11.4. The summed E-state index contributed by atoms with van der Waals surface area (Å²) in [4.78, 5) is 37.3. The molecule has 3 aliphatic carbocycles. The number of anilines is 1. The van der Waals surface area contributed by atoms with Crippen LogP contribution in [0.25, 0.3) is 28.0 Å². The zero-order valence-electron chi connectivity index (χ0n) is 25.9. The van der Waals surface area contributed by atoms with Crippen LogP contribution in [0.15, 0.2) is 59.9 Å². The highest BCUT2D eigenvalue weighted by Crippen LogP contribution is 2.74. The minimum Gasteiger partial charge on any atom is -0.378 e. The average molecular weight is 627 g/mol. The van der Waals surface area contributed by atoms with Crippen LogP contribution in [-0.4, -0.2) is 90.7 Å². The van der Waals surface area contributed by atoms with Gasteiger partial charge in [0.25, 0.3) is 5.91 Å². The lowest BCUT2D eigenvalue weighted by Gasteiger charge is -2.79. The number of likely N-dealkylation sites (tertiary alicyclic amines) is 1. The predicted molar refractivity (Wildman–Crippen MR) is 175 cm³/mol. The molecule has 5 fully saturated rings. The second kappa shape index (κ2) is 10.0. The molecule has 12 heteroatoms. The number of benzene rings is 1. The summed E-state index contributed by atoms with van der Waals surface area (Å²) in [5.74, 6) is 2.32. The number of ether oxygens (including phenoxy) is 1. The molecule has 0 radical (unpaired) electrons. The first kappa shape index (κ1) is 27.2. The summed E-state index contributed by atoms with van der Waals surface area (Å²) in [6.07, 6.45) is 8.98. The first-order valence-electron chi connectivity index (χ1n) is 16.6. The molecule has 12 nitrogen and oxygen atoms in total. The molecule has 1 aromatic carbocycles. The van der Waals surface area contributed by atoms with Crippen molar-refractivity contribution < 1.29 is 9.53 Å². The van der Waals surface area contributed by atoms with E-state index >= 15 is 0 Å². The molecule has 10 rings (SSSR count). The van der Waals surface area contributed by atoms with E-state index in [0.717, 1.165) is 84.7 Å². The lowest BCUT2D eigenvalue weighted by molar-refractivity contribution is -0.256. The van der Waals surface area contributed by atoms with Gasteiger partial charge in [-0.3, -0.25) is 14.9 Å². The van der Waals surface area contributed by atoms with Crippen molar-refractivity contribution in [2.24, 2.45) is 10.4 Å². The fraction of sp³-hybridized carbons (Fsp3) is 0.400. The number of fused-ring (bicyclic) bond motifs is 1. The summed E-state index contributed by atoms with van der Waals surface area (Å²) in [6.45, 7) is 6.72. The fourth-order valence-electron chi connectivity index (χ4n) is 8.79. The lowest BCUT2D eigenvalue weighted by atomic mass is 9.37. The molecule has 1 amide bonds. The Balaban J connectivity index is 0.979. The van der Waals surface area contributed by atoms with Crippen LogP contribution in [0, 0.1) is 5.41 Å². The van der Waals surface area contributed by atoms with Crippen molar-refractivity contribution in [3.8, 4) is 22.4 Å². The van der Waals surface area contributed by atoms with Crippen LogP contribution in [-0.2, 0) is 4.74 Å². The van der Waals surface area contributed by atoms with Crippen LogP contribution in [0.5, 0.6) is 0 Å². The van der Waals surface area contributed by atoms with Gasteiger partial charge in [-0.2, -0.15) is 14.6 Å². The highest BCUT2D eigenvalue weighted by Gasteiger charge is 2.77. The van der Waals surface area contributed by atoms with Gasteiger partial charge >= 0.3 is 0 Å². The van der Waals surface area contributed by atoms with Crippen molar-refractivity contribution in [1.29, 1.82) is 0 Å². The highest BCUT2D eigenvalue weighted by atomic mass is 16.5. The number of hydrogen-bond donors (Lipinski definition) is 1. The molecule has 47 heavy (non-hydrogen) atoms. The fourth-order valence-corrected chi connectivity index (χ4v) is 8.79. The van der Waals surface area contributed by atoms with Gasteiger partial charge in [-0.15, -0.1) is 5.10 Å². The number of aliphatic imine (C=N–C) groups is 1. The number of nitrogens with one attached hydrogen (secondary N) is 1. The maximum atomic E-state index is 13.8. The third-order valence-electron chi connectivity index (χ3n) is 11.4. The van der Waals surface area contributed by atoms with Crippen LogP contribution in [0.3, 0.4) is 0 Å². The van der Waals surface area contributed by atoms with Crippen molar-refractivity contribution >= 4 is 30.0 Å². The molecule has 2 aliphatic heterocycles. The molecule has 1 spiro atoms. The van der Waals surface area contributed by atoms with E-state index in [9.17, 15) is 4.79 Å². The van der Waals surface area contributed by atoms with E-state index in [0.29, 0.717) is 30.9 Å². The standard InChI is InChI=1S/C35H34N10O2/c1-36-32-28(21-7-8-21)29(39-31-23(19-38-45(31)32)22-9-10-25(37-18-22)20-5-3-2-4-6-20)24-17-27-35(24)12-11-26(35)44(27)33(46)30-40-34(42-41-30)43-13-15-47-16-14-43/h2-6,9-10,18-19,21,24,26-27H,1,7-8,11-17H2,(H,40,41,42). The van der Waals surface area contributed by atoms with E-state index in [4.69, 9.17) is 19.8 Å². The topological polar surface area (TPSA) is 130 Å². The van der Waals surface area contributed by atoms with Gasteiger partial charge in [0, 0.05) is 65.0 Å². The molecule has 5 aromatic rings. The lowest BCUT2D eigenvalue weighted by Crippen LogP contribution is -2.85. The van der Waals surface area contributed by atoms with E-state index in [-0.39, 0.29) is 29.3 Å². The van der Waals surface area contributed by atoms with Crippen molar-refractivity contribution in [2.75, 3.05) is 31.2 Å². The normalized spacial score (nSPS) is 26.2. The van der Waals surface area contributed by atoms with Gasteiger partial charge in [0.1, 0.15) is 0 Å². The monoisotopic (exact) mass is 626 g/mol. The van der Waals surface area contributed by atoms with Gasteiger partial charge < -0.3 is 14.5 Å². The molecule has 4 aromatic heterocycles. The van der Waals surface area contributed by atoms with E-state index < -0.39 is 0 Å². The Morgan fingerprint density at radius 3 is 2.55 bits per heavy atom. The molecule has 5 aliphatic rings. The summed E-state index contributed by atoms with van der Waals surface area (Å²) < 4.78 is 7.32. The number of H-pyrrole nitrogens is 1. The van der Waals surface area contributed by atoms with Crippen molar-refractivity contribution in [3.63, 3.8) is 0 Å². The summed E-state index contributed by atoms with van der Waals surface area (Å²) >= 11 is 0. The Kier molecular flexibility index (Phi) is 5.79. The minimum absolute atomic E-state index is 0.0508. The summed E-state index contributed by atoms with van der Waals surface area (Å²) in [6, 6.07) is 14.7. The Morgan fingerprint density at radius 1 is 1.00 bits per heavy atom. The maximum absolute atomic E-state index is 13.8. The van der Waals surface area contributed by atoms with Gasteiger partial charge in [0.2, 0.25) is 11.8 Å². The number of nitrogens with zero attached hydrogens (tertiary/aromatic N) is 9. The molecule has 236 valence electrons. The van der Waals surface area contributed by atoms with E-state index in [1.165, 1.54) is 5.56 Å². The second-order valence-electron chi connectivity index (χ2n) is 13.5. The zero-order valence-corrected chi connectivity index (χ0v) is 25.9. The number of piperidine rings is 2. The Morgan fingerprint density at radius 2 is 1.85 bits per heavy atom. The SMILES string of the molecule is C=Nc1c(C2CC2)c(C2CC3N(C(=O)c4nc(N5CCOCC5)n[nH]4)C4CCC243)nc2c(-c3ccc(-c4ccccc4)nc3)cnn12. The highest BCUT2D eigenvalue weighted by molar-refractivity contribution is 5.93. The van der Waals surface area contributed by atoms with Gasteiger partial charge in [-0.05, 0) is 50.8 Å². The number of carbonyl (C=O) groups excluding carboxylic acids is 1.